The number of alkyl halides is 1. The number of hydrogen-bond acceptors (Lipinski definition) is 11. The van der Waals surface area contributed by atoms with Crippen LogP contribution in [0.5, 0.6) is 0 Å². The molecule has 0 aliphatic rings. The zero-order chi connectivity index (χ0) is 25.3. The van der Waals surface area contributed by atoms with Gasteiger partial charge in [-0.3, -0.25) is 0 Å². The molecule has 0 fully saturated rings. The third-order valence-corrected chi connectivity index (χ3v) is 4.07. The second kappa shape index (κ2) is 33.5. The van der Waals surface area contributed by atoms with Crippen LogP contribution in [0.3, 0.4) is 0 Å². The fourth-order valence-corrected chi connectivity index (χ4v) is 2.31. The van der Waals surface area contributed by atoms with E-state index in [1.54, 1.807) is 0 Å². The van der Waals surface area contributed by atoms with Gasteiger partial charge in [-0.15, -0.1) is 0 Å². The average molecular weight is 518 g/mol. The summed E-state index contributed by atoms with van der Waals surface area (Å²) in [5.41, 5.74) is 0. The van der Waals surface area contributed by atoms with Crippen molar-refractivity contribution in [3.05, 3.63) is 0 Å². The number of ether oxygens (including phenoxy) is 10. The molecule has 35 heavy (non-hydrogen) atoms. The zero-order valence-corrected chi connectivity index (χ0v) is 21.5. The Balaban J connectivity index is 3.00. The molecule has 1 N–H and O–H groups in total. The molecule has 0 heterocycles. The summed E-state index contributed by atoms with van der Waals surface area (Å²) in [5.74, 6) is 0. The molecule has 0 rings (SSSR count). The standard InChI is InChI=1S/C23H48FNO10/c1-25-3-5-27-7-9-29-11-13-31-15-17-33-19-21-35-23-22-34-20-18-32-16-14-30-12-10-28-8-6-26-4-2-24/h25H,2-23H2,1H3. The first-order valence-corrected chi connectivity index (χ1v) is 12.4. The van der Waals surface area contributed by atoms with E-state index in [1.807, 2.05) is 7.05 Å². The highest BCUT2D eigenvalue weighted by molar-refractivity contribution is 4.39. The maximum Gasteiger partial charge on any atom is 0.113 e. The molecule has 0 unspecified atom stereocenters. The van der Waals surface area contributed by atoms with Gasteiger partial charge in [-0.1, -0.05) is 0 Å². The first-order valence-electron chi connectivity index (χ1n) is 12.4. The summed E-state index contributed by atoms with van der Waals surface area (Å²) in [6, 6.07) is 0. The smallest absolute Gasteiger partial charge is 0.113 e. The number of nitrogens with one attached hydrogen (secondary N) is 1. The quantitative estimate of drug-likeness (QED) is 0.125. The highest BCUT2D eigenvalue weighted by Crippen LogP contribution is 1.86. The molecule has 0 aromatic carbocycles. The molecule has 0 spiro atoms. The highest BCUT2D eigenvalue weighted by Gasteiger charge is 1.96. The molecule has 0 aromatic heterocycles. The summed E-state index contributed by atoms with van der Waals surface area (Å²) in [4.78, 5) is 0. The molecule has 0 aliphatic carbocycles. The Kier molecular flexibility index (Phi) is 33.0. The lowest BCUT2D eigenvalue weighted by Crippen LogP contribution is -2.17. The number of hydrogen-bond donors (Lipinski definition) is 1. The largest absolute Gasteiger partial charge is 0.378 e. The fraction of sp³-hybridized carbons (Fsp3) is 1.00. The van der Waals surface area contributed by atoms with E-state index in [9.17, 15) is 4.39 Å². The summed E-state index contributed by atoms with van der Waals surface area (Å²) in [6.07, 6.45) is 0. The average Bonchev–Trinajstić information content (AvgIpc) is 2.87. The first-order chi connectivity index (χ1) is 17.4. The lowest BCUT2D eigenvalue weighted by atomic mass is 10.6. The molecular formula is C23H48FNO10. The van der Waals surface area contributed by atoms with E-state index in [0.717, 1.165) is 6.54 Å². The molecule has 12 heteroatoms. The highest BCUT2D eigenvalue weighted by atomic mass is 19.1. The second-order valence-corrected chi connectivity index (χ2v) is 6.92. The van der Waals surface area contributed by atoms with Crippen molar-refractivity contribution in [1.82, 2.24) is 5.32 Å². The van der Waals surface area contributed by atoms with E-state index in [4.69, 9.17) is 47.4 Å². The van der Waals surface area contributed by atoms with E-state index >= 15 is 0 Å². The Morgan fingerprint density at radius 2 is 0.543 bits per heavy atom. The van der Waals surface area contributed by atoms with Gasteiger partial charge in [0.05, 0.1) is 132 Å². The van der Waals surface area contributed by atoms with Gasteiger partial charge in [0.15, 0.2) is 0 Å². The Labute approximate surface area is 210 Å². The topological polar surface area (TPSA) is 104 Å². The normalized spacial score (nSPS) is 11.5. The van der Waals surface area contributed by atoms with Crippen molar-refractivity contribution < 1.29 is 51.8 Å². The van der Waals surface area contributed by atoms with Crippen LogP contribution >= 0.6 is 0 Å². The molecule has 0 atom stereocenters. The van der Waals surface area contributed by atoms with E-state index in [-0.39, 0.29) is 6.61 Å². The van der Waals surface area contributed by atoms with Crippen LogP contribution in [0.15, 0.2) is 0 Å². The lowest BCUT2D eigenvalue weighted by Gasteiger charge is -2.09. The SMILES string of the molecule is CNCCOCCOCCOCCOCCOCCOCCOCCOCCOCCOCCF. The number of halogens is 1. The number of likely N-dealkylation sites (N-methyl/N-ethyl adjacent to an activating group) is 1. The maximum absolute atomic E-state index is 11.8. The molecule has 212 valence electrons. The van der Waals surface area contributed by atoms with Crippen LogP contribution in [-0.2, 0) is 47.4 Å². The molecule has 0 aliphatic heterocycles. The van der Waals surface area contributed by atoms with Crippen LogP contribution in [-0.4, -0.2) is 152 Å². The van der Waals surface area contributed by atoms with Crippen molar-refractivity contribution in [3.63, 3.8) is 0 Å². The van der Waals surface area contributed by atoms with E-state index in [2.05, 4.69) is 5.32 Å². The fourth-order valence-electron chi connectivity index (χ4n) is 2.31. The summed E-state index contributed by atoms with van der Waals surface area (Å²) >= 11 is 0. The van der Waals surface area contributed by atoms with Crippen LogP contribution in [0.2, 0.25) is 0 Å². The third-order valence-electron chi connectivity index (χ3n) is 4.07. The predicted molar refractivity (Wildman–Crippen MR) is 128 cm³/mol. The van der Waals surface area contributed by atoms with Crippen molar-refractivity contribution >= 4 is 0 Å². The van der Waals surface area contributed by atoms with Crippen LogP contribution in [0.25, 0.3) is 0 Å². The Bertz CT molecular complexity index is 343. The van der Waals surface area contributed by atoms with E-state index in [0.29, 0.717) is 126 Å². The second-order valence-electron chi connectivity index (χ2n) is 6.92. The lowest BCUT2D eigenvalue weighted by molar-refractivity contribution is -0.0264. The Hall–Kier alpha value is -0.510. The Morgan fingerprint density at radius 1 is 0.343 bits per heavy atom. The van der Waals surface area contributed by atoms with Gasteiger partial charge in [-0.25, -0.2) is 4.39 Å². The van der Waals surface area contributed by atoms with Gasteiger partial charge >= 0.3 is 0 Å². The van der Waals surface area contributed by atoms with Gasteiger partial charge in [0.25, 0.3) is 0 Å². The molecule has 0 amide bonds. The van der Waals surface area contributed by atoms with Gasteiger partial charge in [-0.2, -0.15) is 0 Å². The molecule has 0 saturated carbocycles. The van der Waals surface area contributed by atoms with Crippen molar-refractivity contribution in [1.29, 1.82) is 0 Å². The predicted octanol–water partition coefficient (Wildman–Crippen LogP) is 0.341. The van der Waals surface area contributed by atoms with Gasteiger partial charge in [0.2, 0.25) is 0 Å². The summed E-state index contributed by atoms with van der Waals surface area (Å²) in [6.45, 7) is 10.4. The summed E-state index contributed by atoms with van der Waals surface area (Å²) in [5, 5.41) is 3.01. The minimum atomic E-state index is -0.471. The minimum Gasteiger partial charge on any atom is -0.378 e. The van der Waals surface area contributed by atoms with Gasteiger partial charge < -0.3 is 52.7 Å². The van der Waals surface area contributed by atoms with Crippen molar-refractivity contribution in [2.45, 2.75) is 0 Å². The van der Waals surface area contributed by atoms with Crippen LogP contribution in [0, 0.1) is 0 Å². The van der Waals surface area contributed by atoms with Gasteiger partial charge in [-0.05, 0) is 7.05 Å². The van der Waals surface area contributed by atoms with Gasteiger partial charge in [0, 0.05) is 6.54 Å². The number of rotatable bonds is 32. The first kappa shape index (κ1) is 34.5. The van der Waals surface area contributed by atoms with Crippen molar-refractivity contribution in [3.8, 4) is 0 Å². The van der Waals surface area contributed by atoms with E-state index in [1.165, 1.54) is 0 Å². The molecule has 0 radical (unpaired) electrons. The van der Waals surface area contributed by atoms with Crippen LogP contribution in [0.4, 0.5) is 4.39 Å². The molecule has 0 bridgehead atoms. The molecule has 11 nitrogen and oxygen atoms in total. The minimum absolute atomic E-state index is 0.117. The maximum atomic E-state index is 11.8. The monoisotopic (exact) mass is 517 g/mol. The molecule has 0 saturated heterocycles. The summed E-state index contributed by atoms with van der Waals surface area (Å²) < 4.78 is 65.2. The van der Waals surface area contributed by atoms with Crippen LogP contribution in [0.1, 0.15) is 0 Å². The van der Waals surface area contributed by atoms with E-state index < -0.39 is 6.67 Å². The van der Waals surface area contributed by atoms with Crippen LogP contribution < -0.4 is 5.32 Å². The molecular weight excluding hydrogens is 469 g/mol. The molecule has 0 aromatic rings. The Morgan fingerprint density at radius 3 is 0.743 bits per heavy atom. The van der Waals surface area contributed by atoms with Crippen molar-refractivity contribution in [2.75, 3.05) is 152 Å². The van der Waals surface area contributed by atoms with Crippen molar-refractivity contribution in [2.24, 2.45) is 0 Å². The van der Waals surface area contributed by atoms with Gasteiger partial charge in [0.1, 0.15) is 6.67 Å². The zero-order valence-electron chi connectivity index (χ0n) is 21.5. The summed E-state index contributed by atoms with van der Waals surface area (Å²) in [7, 11) is 1.89. The third kappa shape index (κ3) is 33.5.